The summed E-state index contributed by atoms with van der Waals surface area (Å²) in [6, 6.07) is 2.33. The minimum atomic E-state index is 0.173. The van der Waals surface area contributed by atoms with Crippen molar-refractivity contribution in [1.82, 2.24) is 5.32 Å². The molecular weight excluding hydrogens is 316 g/mol. The molecule has 0 spiro atoms. The summed E-state index contributed by atoms with van der Waals surface area (Å²) in [5, 5.41) is 3.56. The molecule has 136 valence electrons. The molecule has 5 nitrogen and oxygen atoms in total. The molecular formula is C20H28N2O3. The van der Waals surface area contributed by atoms with E-state index in [1.54, 1.807) is 11.1 Å². The van der Waals surface area contributed by atoms with E-state index in [1.165, 1.54) is 24.1 Å². The van der Waals surface area contributed by atoms with Gasteiger partial charge in [-0.05, 0) is 67.4 Å². The van der Waals surface area contributed by atoms with E-state index in [1.807, 2.05) is 0 Å². The van der Waals surface area contributed by atoms with Crippen molar-refractivity contribution in [3.05, 3.63) is 22.8 Å². The topological polar surface area (TPSA) is 43.0 Å². The van der Waals surface area contributed by atoms with E-state index in [2.05, 4.69) is 16.3 Å². The monoisotopic (exact) mass is 344 g/mol. The van der Waals surface area contributed by atoms with E-state index in [0.717, 1.165) is 63.9 Å². The lowest BCUT2D eigenvalue weighted by atomic mass is 9.91. The quantitative estimate of drug-likeness (QED) is 0.907. The largest absolute Gasteiger partial charge is 0.490 e. The molecule has 1 aliphatic carbocycles. The summed E-state index contributed by atoms with van der Waals surface area (Å²) in [5.41, 5.74) is 6.06. The van der Waals surface area contributed by atoms with Crippen LogP contribution >= 0.6 is 0 Å². The first-order valence-electron chi connectivity index (χ1n) is 9.86. The first-order valence-corrected chi connectivity index (χ1v) is 9.86. The van der Waals surface area contributed by atoms with Gasteiger partial charge in [-0.15, -0.1) is 0 Å². The van der Waals surface area contributed by atoms with Gasteiger partial charge in [-0.3, -0.25) is 0 Å². The molecule has 4 aliphatic rings. The van der Waals surface area contributed by atoms with Gasteiger partial charge in [-0.1, -0.05) is 0 Å². The average Bonchev–Trinajstić information content (AvgIpc) is 3.48. The van der Waals surface area contributed by atoms with Crippen LogP contribution in [-0.2, 0) is 22.3 Å². The summed E-state index contributed by atoms with van der Waals surface area (Å²) in [6.07, 6.45) is 5.09. The van der Waals surface area contributed by atoms with Gasteiger partial charge in [0.15, 0.2) is 0 Å². The van der Waals surface area contributed by atoms with Crippen molar-refractivity contribution in [2.45, 2.75) is 37.7 Å². The molecule has 1 saturated heterocycles. The Morgan fingerprint density at radius 2 is 2.04 bits per heavy atom. The highest BCUT2D eigenvalue weighted by Crippen LogP contribution is 2.51. The van der Waals surface area contributed by atoms with Crippen molar-refractivity contribution in [2.24, 2.45) is 0 Å². The molecule has 1 N–H and O–H groups in total. The zero-order valence-corrected chi connectivity index (χ0v) is 14.9. The zero-order valence-electron chi connectivity index (χ0n) is 14.9. The molecule has 5 heteroatoms. The third kappa shape index (κ3) is 3.14. The standard InChI is InChI=1S/C20H28N2O3/c1-2-14(1)19-17-4-6-21-5-3-15(17)11-18-20(19)22(7-8-25-18)12-16-13-23-9-10-24-16/h11,14,16,21H,1-10,12-13H2. The molecule has 2 fully saturated rings. The van der Waals surface area contributed by atoms with Gasteiger partial charge in [-0.2, -0.15) is 0 Å². The third-order valence-corrected chi connectivity index (χ3v) is 5.86. The van der Waals surface area contributed by atoms with Gasteiger partial charge in [0.1, 0.15) is 12.4 Å². The van der Waals surface area contributed by atoms with E-state index in [4.69, 9.17) is 14.2 Å². The Balaban J connectivity index is 1.53. The van der Waals surface area contributed by atoms with Crippen molar-refractivity contribution in [2.75, 3.05) is 57.5 Å². The van der Waals surface area contributed by atoms with Crippen LogP contribution in [0.25, 0.3) is 0 Å². The maximum absolute atomic E-state index is 6.13. The predicted octanol–water partition coefficient (Wildman–Crippen LogP) is 1.87. The second-order valence-corrected chi connectivity index (χ2v) is 7.66. The molecule has 0 bridgehead atoms. The lowest BCUT2D eigenvalue weighted by Crippen LogP contribution is -2.43. The van der Waals surface area contributed by atoms with Gasteiger partial charge in [0.05, 0.1) is 38.2 Å². The van der Waals surface area contributed by atoms with Crippen molar-refractivity contribution >= 4 is 5.69 Å². The number of benzene rings is 1. The van der Waals surface area contributed by atoms with Crippen LogP contribution in [0.4, 0.5) is 5.69 Å². The number of nitrogens with one attached hydrogen (secondary N) is 1. The van der Waals surface area contributed by atoms with Crippen LogP contribution in [0.1, 0.15) is 35.4 Å². The Kier molecular flexibility index (Phi) is 4.32. The summed E-state index contributed by atoms with van der Waals surface area (Å²) >= 11 is 0. The zero-order chi connectivity index (χ0) is 16.6. The van der Waals surface area contributed by atoms with Gasteiger partial charge in [-0.25, -0.2) is 0 Å². The second-order valence-electron chi connectivity index (χ2n) is 7.66. The van der Waals surface area contributed by atoms with Crippen LogP contribution in [0.3, 0.4) is 0 Å². The fourth-order valence-electron chi connectivity index (χ4n) is 4.54. The molecule has 0 aromatic heterocycles. The fraction of sp³-hybridized carbons (Fsp3) is 0.700. The van der Waals surface area contributed by atoms with Crippen LogP contribution in [-0.4, -0.2) is 58.7 Å². The first kappa shape index (κ1) is 15.9. The van der Waals surface area contributed by atoms with Gasteiger partial charge in [0.25, 0.3) is 0 Å². The highest BCUT2D eigenvalue weighted by atomic mass is 16.6. The second kappa shape index (κ2) is 6.78. The average molecular weight is 344 g/mol. The number of hydrogen-bond donors (Lipinski definition) is 1. The number of nitrogens with zero attached hydrogens (tertiary/aromatic N) is 1. The van der Waals surface area contributed by atoms with Gasteiger partial charge < -0.3 is 24.4 Å². The molecule has 5 rings (SSSR count). The number of anilines is 1. The molecule has 3 aliphatic heterocycles. The van der Waals surface area contributed by atoms with Crippen LogP contribution in [0.15, 0.2) is 6.07 Å². The van der Waals surface area contributed by atoms with E-state index in [9.17, 15) is 0 Å². The minimum Gasteiger partial charge on any atom is -0.490 e. The van der Waals surface area contributed by atoms with E-state index < -0.39 is 0 Å². The minimum absolute atomic E-state index is 0.173. The Hall–Kier alpha value is -1.30. The predicted molar refractivity (Wildman–Crippen MR) is 97.0 cm³/mol. The van der Waals surface area contributed by atoms with E-state index in [0.29, 0.717) is 13.2 Å². The van der Waals surface area contributed by atoms with Crippen LogP contribution in [0.5, 0.6) is 5.75 Å². The number of fused-ring (bicyclic) bond motifs is 2. The number of ether oxygens (including phenoxy) is 3. The highest BCUT2D eigenvalue weighted by molar-refractivity contribution is 5.71. The molecule has 1 aromatic carbocycles. The van der Waals surface area contributed by atoms with Gasteiger partial charge in [0.2, 0.25) is 0 Å². The molecule has 25 heavy (non-hydrogen) atoms. The molecule has 1 aromatic rings. The van der Waals surface area contributed by atoms with E-state index >= 15 is 0 Å². The smallest absolute Gasteiger partial charge is 0.143 e. The molecule has 3 heterocycles. The molecule has 1 saturated carbocycles. The van der Waals surface area contributed by atoms with E-state index in [-0.39, 0.29) is 6.10 Å². The summed E-state index contributed by atoms with van der Waals surface area (Å²) in [7, 11) is 0. The normalized spacial score (nSPS) is 26.4. The van der Waals surface area contributed by atoms with Crippen molar-refractivity contribution < 1.29 is 14.2 Å². The van der Waals surface area contributed by atoms with Crippen molar-refractivity contribution in [1.29, 1.82) is 0 Å². The lowest BCUT2D eigenvalue weighted by molar-refractivity contribution is -0.0842. The molecule has 1 atom stereocenters. The van der Waals surface area contributed by atoms with Crippen LogP contribution < -0.4 is 15.0 Å². The maximum atomic E-state index is 6.13. The summed E-state index contributed by atoms with van der Waals surface area (Å²) in [4.78, 5) is 2.52. The molecule has 1 unspecified atom stereocenters. The van der Waals surface area contributed by atoms with Gasteiger partial charge in [0, 0.05) is 6.54 Å². The van der Waals surface area contributed by atoms with Gasteiger partial charge >= 0.3 is 0 Å². The summed E-state index contributed by atoms with van der Waals surface area (Å²) < 4.78 is 17.7. The Morgan fingerprint density at radius 1 is 1.12 bits per heavy atom. The Bertz CT molecular complexity index is 638. The number of rotatable bonds is 3. The highest BCUT2D eigenvalue weighted by Gasteiger charge is 2.36. The Labute approximate surface area is 149 Å². The summed E-state index contributed by atoms with van der Waals surface area (Å²) in [6.45, 7) is 6.94. The molecule has 0 radical (unpaired) electrons. The van der Waals surface area contributed by atoms with Crippen LogP contribution in [0.2, 0.25) is 0 Å². The maximum Gasteiger partial charge on any atom is 0.143 e. The lowest BCUT2D eigenvalue weighted by Gasteiger charge is -2.37. The Morgan fingerprint density at radius 3 is 2.88 bits per heavy atom. The van der Waals surface area contributed by atoms with Crippen LogP contribution in [0, 0.1) is 0 Å². The first-order chi connectivity index (χ1) is 12.4. The SMILES string of the molecule is c1c2c(c(C3CC3)c3c1OCCN3CC1COCCO1)CCNCC2. The third-order valence-electron chi connectivity index (χ3n) is 5.86. The summed E-state index contributed by atoms with van der Waals surface area (Å²) in [5.74, 6) is 1.83. The number of hydrogen-bond acceptors (Lipinski definition) is 5. The van der Waals surface area contributed by atoms with Crippen molar-refractivity contribution in [3.8, 4) is 5.75 Å². The fourth-order valence-corrected chi connectivity index (χ4v) is 4.54. The van der Waals surface area contributed by atoms with Crippen molar-refractivity contribution in [3.63, 3.8) is 0 Å². The molecule has 0 amide bonds.